The van der Waals surface area contributed by atoms with E-state index in [1.165, 1.54) is 0 Å². The van der Waals surface area contributed by atoms with Crippen molar-refractivity contribution in [2.45, 2.75) is 39.2 Å². The standard InChI is InChI=1S/C13H21N3O3/c1-13(2,3)19-12(18)15-9-11(17)16-6-4-10(8-14)5-7-16/h10H,4-7,9H2,1-3H3,(H,15,18). The van der Waals surface area contributed by atoms with Crippen LogP contribution in [0.5, 0.6) is 0 Å². The lowest BCUT2D eigenvalue weighted by atomic mass is 9.99. The number of hydrogen-bond acceptors (Lipinski definition) is 4. The molecule has 1 heterocycles. The van der Waals surface area contributed by atoms with Crippen LogP contribution in [0.15, 0.2) is 0 Å². The van der Waals surface area contributed by atoms with Crippen LogP contribution in [0.2, 0.25) is 0 Å². The molecule has 1 N–H and O–H groups in total. The van der Waals surface area contributed by atoms with Gasteiger partial charge in [0.25, 0.3) is 0 Å². The number of piperidine rings is 1. The minimum atomic E-state index is -0.590. The third kappa shape index (κ3) is 5.60. The van der Waals surface area contributed by atoms with E-state index >= 15 is 0 Å². The highest BCUT2D eigenvalue weighted by Gasteiger charge is 2.23. The molecule has 1 aliphatic rings. The number of nitriles is 1. The molecule has 1 aliphatic heterocycles. The van der Waals surface area contributed by atoms with Gasteiger partial charge in [-0.15, -0.1) is 0 Å². The van der Waals surface area contributed by atoms with Crippen molar-refractivity contribution < 1.29 is 14.3 Å². The van der Waals surface area contributed by atoms with Crippen molar-refractivity contribution in [3.8, 4) is 6.07 Å². The Morgan fingerprint density at radius 3 is 2.42 bits per heavy atom. The molecule has 0 radical (unpaired) electrons. The number of alkyl carbamates (subject to hydrolysis) is 1. The topological polar surface area (TPSA) is 82.4 Å². The van der Waals surface area contributed by atoms with Crippen LogP contribution < -0.4 is 5.32 Å². The number of amides is 2. The van der Waals surface area contributed by atoms with E-state index < -0.39 is 11.7 Å². The molecular weight excluding hydrogens is 246 g/mol. The molecule has 0 aromatic rings. The first kappa shape index (κ1) is 15.3. The normalized spacial score (nSPS) is 16.6. The number of likely N-dealkylation sites (tertiary alicyclic amines) is 1. The van der Waals surface area contributed by atoms with Gasteiger partial charge in [0.15, 0.2) is 0 Å². The number of nitrogens with zero attached hydrogens (tertiary/aromatic N) is 2. The molecule has 6 nitrogen and oxygen atoms in total. The van der Waals surface area contributed by atoms with Gasteiger partial charge in [-0.3, -0.25) is 4.79 Å². The van der Waals surface area contributed by atoms with Gasteiger partial charge in [-0.2, -0.15) is 5.26 Å². The molecular formula is C13H21N3O3. The summed E-state index contributed by atoms with van der Waals surface area (Å²) in [6.07, 6.45) is 0.816. The molecule has 1 saturated heterocycles. The van der Waals surface area contributed by atoms with E-state index in [1.54, 1.807) is 25.7 Å². The number of carbonyl (C=O) groups is 2. The van der Waals surface area contributed by atoms with Gasteiger partial charge < -0.3 is 15.0 Å². The highest BCUT2D eigenvalue weighted by Crippen LogP contribution is 2.15. The fourth-order valence-electron chi connectivity index (χ4n) is 1.83. The van der Waals surface area contributed by atoms with Crippen molar-refractivity contribution in [3.63, 3.8) is 0 Å². The summed E-state index contributed by atoms with van der Waals surface area (Å²) in [6.45, 7) is 6.38. The van der Waals surface area contributed by atoms with Crippen LogP contribution in [0.3, 0.4) is 0 Å². The molecule has 0 unspecified atom stereocenters. The van der Waals surface area contributed by atoms with E-state index in [-0.39, 0.29) is 18.4 Å². The maximum absolute atomic E-state index is 11.8. The summed E-state index contributed by atoms with van der Waals surface area (Å²) in [5.74, 6) is -0.0925. The van der Waals surface area contributed by atoms with Crippen molar-refractivity contribution in [1.29, 1.82) is 5.26 Å². The minimum Gasteiger partial charge on any atom is -0.444 e. The third-order valence-electron chi connectivity index (χ3n) is 2.81. The molecule has 0 aromatic heterocycles. The van der Waals surface area contributed by atoms with Crippen LogP contribution in [0.25, 0.3) is 0 Å². The van der Waals surface area contributed by atoms with Crippen LogP contribution in [0.1, 0.15) is 33.6 Å². The molecule has 0 atom stereocenters. The van der Waals surface area contributed by atoms with E-state index in [0.717, 1.165) is 0 Å². The Hall–Kier alpha value is -1.77. The monoisotopic (exact) mass is 267 g/mol. The predicted molar refractivity (Wildman–Crippen MR) is 69.2 cm³/mol. The first-order valence-electron chi connectivity index (χ1n) is 6.46. The number of rotatable bonds is 2. The Labute approximate surface area is 113 Å². The molecule has 19 heavy (non-hydrogen) atoms. The SMILES string of the molecule is CC(C)(C)OC(=O)NCC(=O)N1CCC(C#N)CC1. The fraction of sp³-hybridized carbons (Fsp3) is 0.769. The molecule has 1 fully saturated rings. The zero-order chi connectivity index (χ0) is 14.5. The average molecular weight is 267 g/mol. The quantitative estimate of drug-likeness (QED) is 0.816. The van der Waals surface area contributed by atoms with E-state index in [4.69, 9.17) is 10.00 Å². The molecule has 0 saturated carbocycles. The van der Waals surface area contributed by atoms with Crippen molar-refractivity contribution >= 4 is 12.0 Å². The molecule has 0 bridgehead atoms. The highest BCUT2D eigenvalue weighted by atomic mass is 16.6. The lowest BCUT2D eigenvalue weighted by molar-refractivity contribution is -0.131. The lowest BCUT2D eigenvalue weighted by Gasteiger charge is -2.29. The summed E-state index contributed by atoms with van der Waals surface area (Å²) in [7, 11) is 0. The van der Waals surface area contributed by atoms with E-state index in [9.17, 15) is 9.59 Å². The molecule has 0 spiro atoms. The lowest BCUT2D eigenvalue weighted by Crippen LogP contribution is -2.44. The number of carbonyl (C=O) groups excluding carboxylic acids is 2. The first-order valence-corrected chi connectivity index (χ1v) is 6.46. The van der Waals surface area contributed by atoms with Gasteiger partial charge in [-0.1, -0.05) is 0 Å². The molecule has 106 valence electrons. The summed E-state index contributed by atoms with van der Waals surface area (Å²) in [5, 5.41) is 11.2. The summed E-state index contributed by atoms with van der Waals surface area (Å²) in [4.78, 5) is 24.9. The number of ether oxygens (including phenoxy) is 1. The van der Waals surface area contributed by atoms with Gasteiger partial charge in [0.1, 0.15) is 12.1 Å². The second-order valence-corrected chi connectivity index (χ2v) is 5.64. The van der Waals surface area contributed by atoms with Crippen LogP contribution in [-0.2, 0) is 9.53 Å². The zero-order valence-corrected chi connectivity index (χ0v) is 11.7. The zero-order valence-electron chi connectivity index (χ0n) is 11.7. The van der Waals surface area contributed by atoms with Crippen molar-refractivity contribution in [2.75, 3.05) is 19.6 Å². The molecule has 0 aliphatic carbocycles. The second kappa shape index (κ2) is 6.41. The van der Waals surface area contributed by atoms with Crippen molar-refractivity contribution in [3.05, 3.63) is 0 Å². The average Bonchev–Trinajstić information content (AvgIpc) is 2.34. The van der Waals surface area contributed by atoms with Gasteiger partial charge in [0.05, 0.1) is 6.07 Å². The Morgan fingerprint density at radius 2 is 1.95 bits per heavy atom. The molecule has 6 heteroatoms. The highest BCUT2D eigenvalue weighted by molar-refractivity contribution is 5.82. The van der Waals surface area contributed by atoms with E-state index in [2.05, 4.69) is 11.4 Å². The van der Waals surface area contributed by atoms with Gasteiger partial charge in [-0.25, -0.2) is 4.79 Å². The van der Waals surface area contributed by atoms with Crippen LogP contribution in [0, 0.1) is 17.2 Å². The van der Waals surface area contributed by atoms with Gasteiger partial charge in [0.2, 0.25) is 5.91 Å². The Balaban J connectivity index is 2.29. The van der Waals surface area contributed by atoms with Crippen LogP contribution in [0.4, 0.5) is 4.79 Å². The van der Waals surface area contributed by atoms with E-state index in [1.807, 2.05) is 0 Å². The summed E-state index contributed by atoms with van der Waals surface area (Å²) in [6, 6.07) is 2.21. The van der Waals surface area contributed by atoms with Gasteiger partial charge in [-0.05, 0) is 33.6 Å². The second-order valence-electron chi connectivity index (χ2n) is 5.64. The van der Waals surface area contributed by atoms with Crippen molar-refractivity contribution in [2.24, 2.45) is 5.92 Å². The minimum absolute atomic E-state index is 0.0443. The Kier molecular flexibility index (Phi) is 5.16. The molecule has 0 aromatic carbocycles. The largest absolute Gasteiger partial charge is 0.444 e. The summed E-state index contributed by atoms with van der Waals surface area (Å²) < 4.78 is 5.05. The molecule has 2 amide bonds. The third-order valence-corrected chi connectivity index (χ3v) is 2.81. The predicted octanol–water partition coefficient (Wildman–Crippen LogP) is 1.27. The van der Waals surface area contributed by atoms with Crippen LogP contribution in [-0.4, -0.2) is 42.1 Å². The maximum Gasteiger partial charge on any atom is 0.408 e. The Bertz CT molecular complexity index is 374. The first-order chi connectivity index (χ1) is 8.81. The summed E-state index contributed by atoms with van der Waals surface area (Å²) >= 11 is 0. The van der Waals surface area contributed by atoms with Gasteiger partial charge >= 0.3 is 6.09 Å². The smallest absolute Gasteiger partial charge is 0.408 e. The van der Waals surface area contributed by atoms with Gasteiger partial charge in [0, 0.05) is 19.0 Å². The Morgan fingerprint density at radius 1 is 1.37 bits per heavy atom. The number of hydrogen-bond donors (Lipinski definition) is 1. The molecule has 1 rings (SSSR count). The number of nitrogens with one attached hydrogen (secondary N) is 1. The van der Waals surface area contributed by atoms with E-state index in [0.29, 0.717) is 25.9 Å². The van der Waals surface area contributed by atoms with Crippen molar-refractivity contribution in [1.82, 2.24) is 10.2 Å². The summed E-state index contributed by atoms with van der Waals surface area (Å²) in [5.41, 5.74) is -0.571. The maximum atomic E-state index is 11.8. The van der Waals surface area contributed by atoms with Crippen LogP contribution >= 0.6 is 0 Å². The fourth-order valence-corrected chi connectivity index (χ4v) is 1.83.